The minimum absolute atomic E-state index is 0.0890. The lowest BCUT2D eigenvalue weighted by molar-refractivity contribution is -0.144. The van der Waals surface area contributed by atoms with Crippen molar-refractivity contribution in [1.82, 2.24) is 4.72 Å². The van der Waals surface area contributed by atoms with E-state index in [1.807, 2.05) is 0 Å². The monoisotopic (exact) mass is 263 g/mol. The third-order valence-corrected chi connectivity index (χ3v) is 5.53. The van der Waals surface area contributed by atoms with E-state index >= 15 is 0 Å². The van der Waals surface area contributed by atoms with Gasteiger partial charge in [-0.25, -0.2) is 8.42 Å². The van der Waals surface area contributed by atoms with E-state index in [0.717, 1.165) is 12.8 Å². The van der Waals surface area contributed by atoms with Crippen LogP contribution in [0.15, 0.2) is 0 Å². The lowest BCUT2D eigenvalue weighted by Gasteiger charge is -2.25. The van der Waals surface area contributed by atoms with E-state index in [1.165, 1.54) is 0 Å². The van der Waals surface area contributed by atoms with Crippen LogP contribution in [-0.4, -0.2) is 43.5 Å². The van der Waals surface area contributed by atoms with Crippen LogP contribution in [0.4, 0.5) is 0 Å². The number of hydrogen-bond donors (Lipinski definition) is 2. The molecule has 6 nitrogen and oxygen atoms in total. The van der Waals surface area contributed by atoms with Crippen LogP contribution in [0.1, 0.15) is 32.1 Å². The predicted octanol–water partition coefficient (Wildman–Crippen LogP) is 0.0921. The zero-order valence-electron chi connectivity index (χ0n) is 9.52. The highest BCUT2D eigenvalue weighted by Gasteiger charge is 2.47. The number of ether oxygens (including phenoxy) is 1. The Morgan fingerprint density at radius 2 is 2.00 bits per heavy atom. The molecule has 98 valence electrons. The van der Waals surface area contributed by atoms with Crippen molar-refractivity contribution in [3.05, 3.63) is 0 Å². The van der Waals surface area contributed by atoms with Gasteiger partial charge in [0.1, 0.15) is 0 Å². The Bertz CT molecular complexity index is 393. The molecule has 2 rings (SSSR count). The fourth-order valence-corrected chi connectivity index (χ4v) is 4.33. The van der Waals surface area contributed by atoms with Crippen LogP contribution in [0.3, 0.4) is 0 Å². The molecular formula is C10H17NO5S. The van der Waals surface area contributed by atoms with E-state index < -0.39 is 26.8 Å². The molecular weight excluding hydrogens is 246 g/mol. The molecule has 7 heteroatoms. The smallest absolute Gasteiger partial charge is 0.327 e. The highest BCUT2D eigenvalue weighted by atomic mass is 32.2. The summed E-state index contributed by atoms with van der Waals surface area (Å²) in [6.45, 7) is 0.188. The van der Waals surface area contributed by atoms with Crippen molar-refractivity contribution >= 4 is 16.0 Å². The van der Waals surface area contributed by atoms with Gasteiger partial charge < -0.3 is 9.84 Å². The van der Waals surface area contributed by atoms with Gasteiger partial charge >= 0.3 is 5.97 Å². The summed E-state index contributed by atoms with van der Waals surface area (Å²) in [7, 11) is -3.56. The molecule has 0 spiro atoms. The molecule has 0 aromatic heterocycles. The minimum atomic E-state index is -3.56. The molecule has 2 fully saturated rings. The van der Waals surface area contributed by atoms with Gasteiger partial charge in [-0.3, -0.25) is 4.79 Å². The Kier molecular flexibility index (Phi) is 3.42. The van der Waals surface area contributed by atoms with E-state index in [1.54, 1.807) is 0 Å². The predicted molar refractivity (Wildman–Crippen MR) is 60.1 cm³/mol. The van der Waals surface area contributed by atoms with Crippen LogP contribution in [0, 0.1) is 0 Å². The molecule has 0 radical (unpaired) electrons. The van der Waals surface area contributed by atoms with Crippen LogP contribution in [0.2, 0.25) is 0 Å². The second-order valence-corrected chi connectivity index (χ2v) is 6.70. The van der Waals surface area contributed by atoms with Gasteiger partial charge in [0.05, 0.1) is 11.9 Å². The Hall–Kier alpha value is -0.660. The third kappa shape index (κ3) is 2.46. The number of nitrogens with one attached hydrogen (secondary N) is 1. The molecule has 1 heterocycles. The molecule has 2 aliphatic rings. The van der Waals surface area contributed by atoms with Crippen molar-refractivity contribution in [3.8, 4) is 0 Å². The summed E-state index contributed by atoms with van der Waals surface area (Å²) in [5.41, 5.74) is -1.46. The molecule has 2 N–H and O–H groups in total. The molecule has 1 saturated heterocycles. The van der Waals surface area contributed by atoms with Crippen molar-refractivity contribution in [3.63, 3.8) is 0 Å². The van der Waals surface area contributed by atoms with E-state index in [4.69, 9.17) is 9.84 Å². The Morgan fingerprint density at radius 3 is 2.47 bits per heavy atom. The molecule has 17 heavy (non-hydrogen) atoms. The summed E-state index contributed by atoms with van der Waals surface area (Å²) in [4.78, 5) is 11.2. The van der Waals surface area contributed by atoms with Crippen molar-refractivity contribution in [1.29, 1.82) is 0 Å². The number of aliphatic carboxylic acids is 1. The molecule has 1 atom stereocenters. The first kappa shape index (κ1) is 12.8. The molecule has 0 amide bonds. The van der Waals surface area contributed by atoms with Crippen LogP contribution >= 0.6 is 0 Å². The van der Waals surface area contributed by atoms with Gasteiger partial charge in [0, 0.05) is 13.0 Å². The normalized spacial score (nSPS) is 30.8. The molecule has 1 aliphatic heterocycles. The van der Waals surface area contributed by atoms with Gasteiger partial charge in [-0.2, -0.15) is 4.72 Å². The first-order chi connectivity index (χ1) is 7.96. The summed E-state index contributed by atoms with van der Waals surface area (Å²) in [5.74, 6) is -1.16. The van der Waals surface area contributed by atoms with Crippen LogP contribution < -0.4 is 4.72 Å². The Balaban J connectivity index is 2.15. The van der Waals surface area contributed by atoms with Crippen LogP contribution in [0.25, 0.3) is 0 Å². The number of carboxylic acid groups (broad SMARTS) is 1. The first-order valence-corrected chi connectivity index (χ1v) is 7.35. The topological polar surface area (TPSA) is 92.7 Å². The largest absolute Gasteiger partial charge is 0.480 e. The fraction of sp³-hybridized carbons (Fsp3) is 0.900. The van der Waals surface area contributed by atoms with Gasteiger partial charge in [-0.15, -0.1) is 0 Å². The summed E-state index contributed by atoms with van der Waals surface area (Å²) in [6.07, 6.45) is 3.20. The van der Waals surface area contributed by atoms with Gasteiger partial charge in [0.25, 0.3) is 0 Å². The summed E-state index contributed by atoms with van der Waals surface area (Å²) < 4.78 is 31.5. The molecule has 0 aromatic rings. The highest BCUT2D eigenvalue weighted by molar-refractivity contribution is 7.90. The number of carbonyl (C=O) groups is 1. The quantitative estimate of drug-likeness (QED) is 0.750. The summed E-state index contributed by atoms with van der Waals surface area (Å²) in [5, 5.41) is 8.72. The molecule has 1 aliphatic carbocycles. The van der Waals surface area contributed by atoms with Gasteiger partial charge in [-0.1, -0.05) is 12.8 Å². The number of sulfonamides is 1. The maximum absolute atomic E-state index is 12.1. The average Bonchev–Trinajstić information content (AvgIpc) is 2.86. The molecule has 1 saturated carbocycles. The lowest BCUT2D eigenvalue weighted by Crippen LogP contribution is -2.56. The van der Waals surface area contributed by atoms with E-state index in [9.17, 15) is 13.2 Å². The lowest BCUT2D eigenvalue weighted by atomic mass is 10.0. The number of rotatable bonds is 4. The van der Waals surface area contributed by atoms with E-state index in [-0.39, 0.29) is 19.6 Å². The molecule has 1 unspecified atom stereocenters. The number of hydrogen-bond acceptors (Lipinski definition) is 4. The molecule has 0 bridgehead atoms. The Labute approximate surface area is 100 Å². The standard InChI is InChI=1S/C10H17NO5S/c12-9(13)10(5-6-16-7-10)11-17(14,15)8-3-1-2-4-8/h8,11H,1-7H2,(H,12,13). The van der Waals surface area contributed by atoms with Crippen LogP contribution in [-0.2, 0) is 19.6 Å². The maximum Gasteiger partial charge on any atom is 0.327 e. The van der Waals surface area contributed by atoms with Crippen molar-refractivity contribution in [2.45, 2.75) is 42.9 Å². The summed E-state index contributed by atoms with van der Waals surface area (Å²) in [6, 6.07) is 0. The van der Waals surface area contributed by atoms with Gasteiger partial charge in [0.2, 0.25) is 10.0 Å². The minimum Gasteiger partial charge on any atom is -0.480 e. The average molecular weight is 263 g/mol. The summed E-state index contributed by atoms with van der Waals surface area (Å²) >= 11 is 0. The fourth-order valence-electron chi connectivity index (χ4n) is 2.41. The second kappa shape index (κ2) is 4.55. The highest BCUT2D eigenvalue weighted by Crippen LogP contribution is 2.27. The zero-order valence-corrected chi connectivity index (χ0v) is 10.3. The van der Waals surface area contributed by atoms with Crippen molar-refractivity contribution in [2.75, 3.05) is 13.2 Å². The zero-order chi connectivity index (χ0) is 12.5. The van der Waals surface area contributed by atoms with Gasteiger partial charge in [0.15, 0.2) is 5.54 Å². The Morgan fingerprint density at radius 1 is 1.35 bits per heavy atom. The van der Waals surface area contributed by atoms with E-state index in [0.29, 0.717) is 12.8 Å². The molecule has 0 aromatic carbocycles. The van der Waals surface area contributed by atoms with E-state index in [2.05, 4.69) is 4.72 Å². The van der Waals surface area contributed by atoms with Gasteiger partial charge in [-0.05, 0) is 12.8 Å². The maximum atomic E-state index is 12.1. The van der Waals surface area contributed by atoms with Crippen molar-refractivity contribution < 1.29 is 23.1 Å². The second-order valence-electron chi connectivity index (χ2n) is 4.74. The SMILES string of the molecule is O=C(O)C1(NS(=O)(=O)C2CCCC2)CCOC1. The van der Waals surface area contributed by atoms with Crippen molar-refractivity contribution in [2.24, 2.45) is 0 Å². The first-order valence-electron chi connectivity index (χ1n) is 5.80. The number of carboxylic acids is 1. The third-order valence-electron chi connectivity index (χ3n) is 3.51. The van der Waals surface area contributed by atoms with Crippen LogP contribution in [0.5, 0.6) is 0 Å².